The van der Waals surface area contributed by atoms with Gasteiger partial charge in [0, 0.05) is 25.8 Å². The van der Waals surface area contributed by atoms with E-state index >= 15 is 0 Å². The van der Waals surface area contributed by atoms with Gasteiger partial charge in [0.2, 0.25) is 53.2 Å². The number of carbonyl (C=O) groups is 11. The minimum atomic E-state index is -1.76. The van der Waals surface area contributed by atoms with Crippen LogP contribution in [-0.2, 0) is 59.2 Å². The molecule has 1 aromatic carbocycles. The zero-order valence-corrected chi connectivity index (χ0v) is 40.7. The van der Waals surface area contributed by atoms with Crippen molar-refractivity contribution in [3.63, 3.8) is 0 Å². The molecule has 2 rings (SSSR count). The number of nitrogens with zero attached hydrogens (tertiary/aromatic N) is 1. The maximum Gasteiger partial charge on any atom is 0.326 e. The number of ether oxygens (including phenoxy) is 1. The van der Waals surface area contributed by atoms with Gasteiger partial charge in [0.1, 0.15) is 54.1 Å². The second-order valence-corrected chi connectivity index (χ2v) is 17.5. The van der Waals surface area contributed by atoms with Gasteiger partial charge in [0.05, 0.1) is 19.8 Å². The lowest BCUT2D eigenvalue weighted by Gasteiger charge is -2.31. The summed E-state index contributed by atoms with van der Waals surface area (Å²) < 4.78 is 5.33. The molecule has 26 heteroatoms. The number of nitrogens with one attached hydrogen (secondary N) is 7. The lowest BCUT2D eigenvalue weighted by atomic mass is 10.0. The molecule has 16 N–H and O–H groups in total. The number of rotatable bonds is 31. The third-order valence-corrected chi connectivity index (χ3v) is 11.4. The fourth-order valence-electron chi connectivity index (χ4n) is 7.32. The Hall–Kier alpha value is -6.93. The topological polar surface area (TPSA) is 423 Å². The van der Waals surface area contributed by atoms with Crippen molar-refractivity contribution in [1.82, 2.24) is 42.1 Å². The normalized spacial score (nSPS) is 16.6. The third kappa shape index (κ3) is 20.1. The predicted molar refractivity (Wildman–Crippen MR) is 252 cm³/mol. The van der Waals surface area contributed by atoms with E-state index in [2.05, 4.69) is 37.2 Å². The average Bonchev–Trinajstić information content (AvgIpc) is 3.81. The van der Waals surface area contributed by atoms with Crippen molar-refractivity contribution in [2.75, 3.05) is 26.8 Å². The Kier molecular flexibility index (Phi) is 25.4. The second kappa shape index (κ2) is 30.0. The fourth-order valence-corrected chi connectivity index (χ4v) is 7.32. The van der Waals surface area contributed by atoms with Gasteiger partial charge < -0.3 is 79.4 Å². The largest absolute Gasteiger partial charge is 0.497 e. The molecule has 0 radical (unpaired) electrons. The molecule has 0 spiro atoms. The first-order chi connectivity index (χ1) is 33.4. The molecule has 1 aliphatic heterocycles. The van der Waals surface area contributed by atoms with Crippen LogP contribution in [0.15, 0.2) is 24.3 Å². The molecule has 1 aromatic rings. The van der Waals surface area contributed by atoms with E-state index in [1.165, 1.54) is 25.9 Å². The van der Waals surface area contributed by atoms with E-state index < -0.39 is 152 Å². The summed E-state index contributed by atoms with van der Waals surface area (Å²) in [6.45, 7) is 5.54. The van der Waals surface area contributed by atoms with Gasteiger partial charge >= 0.3 is 11.9 Å². The molecule has 1 fully saturated rings. The van der Waals surface area contributed by atoms with Crippen molar-refractivity contribution in [3.05, 3.63) is 29.8 Å². The molecule has 26 nitrogen and oxygen atoms in total. The van der Waals surface area contributed by atoms with Crippen LogP contribution in [0, 0.1) is 5.92 Å². The molecule has 0 saturated carbocycles. The summed E-state index contributed by atoms with van der Waals surface area (Å²) in [5.41, 5.74) is 17.3. The summed E-state index contributed by atoms with van der Waals surface area (Å²) in [6.07, 6.45) is -0.877. The van der Waals surface area contributed by atoms with Gasteiger partial charge in [0.25, 0.3) is 0 Å². The average molecular weight is 1010 g/mol. The highest BCUT2D eigenvalue weighted by Crippen LogP contribution is 2.22. The summed E-state index contributed by atoms with van der Waals surface area (Å²) in [6, 6.07) is -5.53. The first-order valence-corrected chi connectivity index (χ1v) is 23.3. The van der Waals surface area contributed by atoms with Crippen molar-refractivity contribution in [1.29, 1.82) is 0 Å². The summed E-state index contributed by atoms with van der Waals surface area (Å²) in [5, 5.41) is 45.4. The molecule has 0 unspecified atom stereocenters. The number of carboxylic acid groups (broad SMARTS) is 2. The summed E-state index contributed by atoms with van der Waals surface area (Å²) in [5.74, 6) is -10.4. The first kappa shape index (κ1) is 60.2. The number of carboxylic acids is 2. The molecule has 1 aliphatic rings. The highest BCUT2D eigenvalue weighted by Gasteiger charge is 2.40. The van der Waals surface area contributed by atoms with E-state index in [0.29, 0.717) is 24.2 Å². The SMILES string of the molecule is COc1cccc(C[C@H](NC(=O)[C@@H]2CCCN2C(=O)[C@@H](NC(=O)[C@H](C)N)C(C)C)C(=O)N[C@@H](C)C(=O)N[C@@H](CCC(N)=O)C(=O)N[C@@H](CCCCN)C(=O)N[C@@H](CO)C(=O)N[C@@H](CCC(=O)O)C(=O)O)c1. The first-order valence-electron chi connectivity index (χ1n) is 23.3. The Morgan fingerprint density at radius 1 is 0.718 bits per heavy atom. The van der Waals surface area contributed by atoms with Gasteiger partial charge in [-0.2, -0.15) is 0 Å². The zero-order chi connectivity index (χ0) is 53.5. The maximum atomic E-state index is 14.1. The standard InChI is InChI=1S/C45H71N11O15/c1-23(2)36(55-37(61)24(3)47)44(68)56-19-9-13-33(56)43(67)53-31(21-26-10-8-11-27(20-26)71-5)41(65)49-25(4)38(62)50-29(14-16-34(48)58)40(64)51-28(12-6-7-18-46)39(63)54-32(22-57)42(66)52-30(45(69)70)15-17-35(59)60/h8,10-11,20,23-25,28-33,36,57H,6-7,9,12-19,21-22,46-47H2,1-5H3,(H2,48,58)(H,49,65)(H,50,62)(H,51,64)(H,52,66)(H,53,67)(H,54,63)(H,55,61)(H,59,60)(H,69,70)/t24-,25-,28-,29-,30-,31-,32-,33-,36-/m0/s1. The van der Waals surface area contributed by atoms with E-state index in [0.717, 1.165) is 0 Å². The van der Waals surface area contributed by atoms with Crippen LogP contribution in [0.2, 0.25) is 0 Å². The number of hydrogen-bond donors (Lipinski definition) is 13. The van der Waals surface area contributed by atoms with Crippen molar-refractivity contribution in [2.45, 2.75) is 146 Å². The molecular weight excluding hydrogens is 935 g/mol. The quantitative estimate of drug-likeness (QED) is 0.0315. The molecule has 1 saturated heterocycles. The van der Waals surface area contributed by atoms with Crippen molar-refractivity contribution >= 4 is 65.1 Å². The minimum Gasteiger partial charge on any atom is -0.497 e. The number of aliphatic hydroxyl groups excluding tert-OH is 1. The fraction of sp³-hybridized carbons (Fsp3) is 0.622. The van der Waals surface area contributed by atoms with E-state index in [9.17, 15) is 63.0 Å². The molecule has 0 aromatic heterocycles. The van der Waals surface area contributed by atoms with E-state index in [1.807, 2.05) is 0 Å². The summed E-state index contributed by atoms with van der Waals surface area (Å²) in [7, 11) is 1.44. The molecule has 0 bridgehead atoms. The minimum absolute atomic E-state index is 0.0938. The Bertz CT molecular complexity index is 2050. The van der Waals surface area contributed by atoms with Crippen LogP contribution in [-0.4, -0.2) is 167 Å². The van der Waals surface area contributed by atoms with Gasteiger partial charge in [-0.05, 0) is 89.0 Å². The summed E-state index contributed by atoms with van der Waals surface area (Å²) >= 11 is 0. The van der Waals surface area contributed by atoms with Crippen LogP contribution in [0.25, 0.3) is 0 Å². The zero-order valence-electron chi connectivity index (χ0n) is 40.7. The van der Waals surface area contributed by atoms with Crippen LogP contribution >= 0.6 is 0 Å². The molecule has 0 aliphatic carbocycles. The monoisotopic (exact) mass is 1010 g/mol. The number of aliphatic hydroxyl groups is 1. The molecule has 71 heavy (non-hydrogen) atoms. The predicted octanol–water partition coefficient (Wildman–Crippen LogP) is -4.02. The Morgan fingerprint density at radius 3 is 1.86 bits per heavy atom. The molecule has 396 valence electrons. The number of aliphatic carboxylic acids is 2. The number of unbranched alkanes of at least 4 members (excludes halogenated alkanes) is 1. The van der Waals surface area contributed by atoms with Crippen LogP contribution in [0.5, 0.6) is 5.75 Å². The smallest absolute Gasteiger partial charge is 0.326 e. The van der Waals surface area contributed by atoms with Gasteiger partial charge in [-0.25, -0.2) is 4.79 Å². The number of hydrogen-bond acceptors (Lipinski definition) is 15. The Labute approximate surface area is 411 Å². The third-order valence-electron chi connectivity index (χ3n) is 11.4. The van der Waals surface area contributed by atoms with Gasteiger partial charge in [-0.15, -0.1) is 0 Å². The van der Waals surface area contributed by atoms with Gasteiger partial charge in [-0.3, -0.25) is 47.9 Å². The molecule has 9 atom stereocenters. The Balaban J connectivity index is 2.35. The molecule has 1 heterocycles. The van der Waals surface area contributed by atoms with Crippen molar-refractivity contribution in [2.24, 2.45) is 23.1 Å². The number of amides is 9. The number of methoxy groups -OCH3 is 1. The van der Waals surface area contributed by atoms with Crippen LogP contribution in [0.4, 0.5) is 0 Å². The van der Waals surface area contributed by atoms with E-state index in [-0.39, 0.29) is 44.7 Å². The number of benzene rings is 1. The Morgan fingerprint density at radius 2 is 1.30 bits per heavy atom. The van der Waals surface area contributed by atoms with E-state index in [4.69, 9.17) is 27.0 Å². The second-order valence-electron chi connectivity index (χ2n) is 17.5. The van der Waals surface area contributed by atoms with Crippen molar-refractivity contribution in [3.8, 4) is 5.75 Å². The number of nitrogens with two attached hydrogens (primary N) is 3. The molecule has 9 amide bonds. The number of carbonyl (C=O) groups excluding carboxylic acids is 9. The summed E-state index contributed by atoms with van der Waals surface area (Å²) in [4.78, 5) is 144. The van der Waals surface area contributed by atoms with Crippen molar-refractivity contribution < 1.29 is 72.8 Å². The molecular formula is C45H71N11O15. The highest BCUT2D eigenvalue weighted by atomic mass is 16.5. The maximum absolute atomic E-state index is 14.1. The highest BCUT2D eigenvalue weighted by molar-refractivity contribution is 5.98. The van der Waals surface area contributed by atoms with Crippen LogP contribution in [0.1, 0.15) is 91.0 Å². The lowest BCUT2D eigenvalue weighted by Crippen LogP contribution is -2.60. The van der Waals surface area contributed by atoms with Crippen LogP contribution < -0.4 is 59.2 Å². The lowest BCUT2D eigenvalue weighted by molar-refractivity contribution is -0.144. The van der Waals surface area contributed by atoms with Crippen LogP contribution in [0.3, 0.4) is 0 Å². The number of primary amides is 1. The van der Waals surface area contributed by atoms with E-state index in [1.54, 1.807) is 38.1 Å². The van der Waals surface area contributed by atoms with Gasteiger partial charge in [-0.1, -0.05) is 26.0 Å². The van der Waals surface area contributed by atoms with Gasteiger partial charge in [0.15, 0.2) is 0 Å². The number of likely N-dealkylation sites (tertiary alicyclic amines) is 1.